The van der Waals surface area contributed by atoms with Gasteiger partial charge in [0.25, 0.3) is 0 Å². The molecule has 1 aliphatic rings. The Balaban J connectivity index is 2.23. The second-order valence-corrected chi connectivity index (χ2v) is 4.84. The number of ether oxygens (including phenoxy) is 1. The Kier molecular flexibility index (Phi) is 3.93. The van der Waals surface area contributed by atoms with E-state index in [2.05, 4.69) is 9.88 Å². The third-order valence-electron chi connectivity index (χ3n) is 2.74. The second kappa shape index (κ2) is 5.63. The maximum atomic E-state index is 8.84. The van der Waals surface area contributed by atoms with Crippen molar-refractivity contribution in [2.75, 3.05) is 31.2 Å². The Labute approximate surface area is 110 Å². The molecule has 0 N–H and O–H groups in total. The third kappa shape index (κ3) is 2.51. The molecule has 18 heavy (non-hydrogen) atoms. The van der Waals surface area contributed by atoms with Gasteiger partial charge in [-0.05, 0) is 12.5 Å². The lowest BCUT2D eigenvalue weighted by Gasteiger charge is -2.25. The molecule has 0 atom stereocenters. The van der Waals surface area contributed by atoms with Gasteiger partial charge in [0.1, 0.15) is 17.7 Å². The number of anilines is 1. The quantitative estimate of drug-likeness (QED) is 0.758. The number of morpholine rings is 1. The first kappa shape index (κ1) is 12.6. The monoisotopic (exact) mass is 260 g/mol. The fourth-order valence-electron chi connectivity index (χ4n) is 1.66. The Hall–Kier alpha value is -1.89. The molecule has 0 unspecified atom stereocenters. The third-order valence-corrected chi connectivity index (χ3v) is 3.92. The molecule has 0 aliphatic carbocycles. The minimum absolute atomic E-state index is 0.146. The van der Waals surface area contributed by atoms with Crippen molar-refractivity contribution >= 4 is 22.0 Å². The predicted octanol–water partition coefficient (Wildman–Crippen LogP) is 1.80. The molecule has 0 saturated carbocycles. The molecule has 0 spiro atoms. The molecular weight excluding hydrogens is 248 g/mol. The maximum Gasteiger partial charge on any atom is 0.185 e. The lowest BCUT2D eigenvalue weighted by Crippen LogP contribution is -2.36. The van der Waals surface area contributed by atoms with E-state index in [-0.39, 0.29) is 5.57 Å². The van der Waals surface area contributed by atoms with Crippen molar-refractivity contribution in [3.63, 3.8) is 0 Å². The predicted molar refractivity (Wildman–Crippen MR) is 69.0 cm³/mol. The van der Waals surface area contributed by atoms with E-state index in [0.717, 1.165) is 23.1 Å². The van der Waals surface area contributed by atoms with Crippen LogP contribution < -0.4 is 4.90 Å². The summed E-state index contributed by atoms with van der Waals surface area (Å²) in [5.41, 5.74) is 0.837. The summed E-state index contributed by atoms with van der Waals surface area (Å²) in [4.78, 5) is 7.37. The smallest absolute Gasteiger partial charge is 0.185 e. The number of allylic oxidation sites excluding steroid dienone is 2. The Morgan fingerprint density at radius 1 is 1.39 bits per heavy atom. The summed E-state index contributed by atoms with van der Waals surface area (Å²) in [6, 6.07) is 3.81. The number of rotatable bonds is 2. The van der Waals surface area contributed by atoms with Crippen LogP contribution in [0.4, 0.5) is 5.13 Å². The van der Waals surface area contributed by atoms with Crippen molar-refractivity contribution in [1.82, 2.24) is 4.98 Å². The summed E-state index contributed by atoms with van der Waals surface area (Å²) < 4.78 is 5.29. The number of nitrogens with zero attached hydrogens (tertiary/aromatic N) is 4. The largest absolute Gasteiger partial charge is 0.378 e. The minimum atomic E-state index is 0.146. The number of nitriles is 2. The van der Waals surface area contributed by atoms with Crippen LogP contribution in [0.3, 0.4) is 0 Å². The van der Waals surface area contributed by atoms with Crippen molar-refractivity contribution in [3.05, 3.63) is 16.6 Å². The first-order valence-corrected chi connectivity index (χ1v) is 6.38. The molecule has 1 aromatic rings. The van der Waals surface area contributed by atoms with Crippen molar-refractivity contribution in [1.29, 1.82) is 10.5 Å². The second-order valence-electron chi connectivity index (χ2n) is 3.83. The number of hydrogen-bond donors (Lipinski definition) is 0. The van der Waals surface area contributed by atoms with Crippen LogP contribution in [-0.4, -0.2) is 31.3 Å². The van der Waals surface area contributed by atoms with E-state index in [4.69, 9.17) is 15.3 Å². The molecular formula is C12H12N4OS. The summed E-state index contributed by atoms with van der Waals surface area (Å²) in [6.45, 7) is 4.87. The van der Waals surface area contributed by atoms with E-state index in [1.807, 2.05) is 12.1 Å². The Morgan fingerprint density at radius 2 is 2.06 bits per heavy atom. The molecule has 1 saturated heterocycles. The van der Waals surface area contributed by atoms with Gasteiger partial charge in [0.15, 0.2) is 5.13 Å². The Morgan fingerprint density at radius 3 is 2.67 bits per heavy atom. The normalized spacial score (nSPS) is 14.7. The first-order valence-electron chi connectivity index (χ1n) is 5.56. The van der Waals surface area contributed by atoms with Gasteiger partial charge in [-0.25, -0.2) is 4.98 Å². The summed E-state index contributed by atoms with van der Waals surface area (Å²) in [5, 5.41) is 18.6. The maximum absolute atomic E-state index is 8.84. The molecule has 92 valence electrons. The van der Waals surface area contributed by atoms with Gasteiger partial charge >= 0.3 is 0 Å². The van der Waals surface area contributed by atoms with Crippen LogP contribution in [0.2, 0.25) is 0 Å². The van der Waals surface area contributed by atoms with Crippen LogP contribution in [0.15, 0.2) is 11.8 Å². The number of thiazole rings is 1. The zero-order valence-electron chi connectivity index (χ0n) is 10.0. The molecule has 1 aromatic heterocycles. The summed E-state index contributed by atoms with van der Waals surface area (Å²) >= 11 is 1.51. The lowest BCUT2D eigenvalue weighted by molar-refractivity contribution is 0.122. The fourth-order valence-corrected chi connectivity index (χ4v) is 2.63. The molecule has 5 nitrogen and oxygen atoms in total. The van der Waals surface area contributed by atoms with E-state index in [9.17, 15) is 0 Å². The van der Waals surface area contributed by atoms with Crippen molar-refractivity contribution in [3.8, 4) is 12.1 Å². The van der Waals surface area contributed by atoms with Crippen molar-refractivity contribution < 1.29 is 4.74 Å². The van der Waals surface area contributed by atoms with E-state index < -0.39 is 0 Å². The van der Waals surface area contributed by atoms with Gasteiger partial charge in [0.05, 0.1) is 18.1 Å². The van der Waals surface area contributed by atoms with Gasteiger partial charge in [0.2, 0.25) is 0 Å². The molecule has 6 heteroatoms. The summed E-state index contributed by atoms with van der Waals surface area (Å²) in [5.74, 6) is 0. The van der Waals surface area contributed by atoms with Crippen LogP contribution in [-0.2, 0) is 4.74 Å². The number of aromatic nitrogens is 1. The highest BCUT2D eigenvalue weighted by molar-refractivity contribution is 7.16. The highest BCUT2D eigenvalue weighted by atomic mass is 32.1. The van der Waals surface area contributed by atoms with Crippen molar-refractivity contribution in [2.24, 2.45) is 0 Å². The highest BCUT2D eigenvalue weighted by Gasteiger charge is 2.16. The zero-order chi connectivity index (χ0) is 13.0. The standard InChI is InChI=1S/C12H12N4OS/c1-9(10(6-13)7-14)11-8-15-12(18-11)16-2-4-17-5-3-16/h8H,2-5H2,1H3. The van der Waals surface area contributed by atoms with Crippen molar-refractivity contribution in [2.45, 2.75) is 6.92 Å². The van der Waals surface area contributed by atoms with Crippen LogP contribution in [0.25, 0.3) is 5.57 Å². The minimum Gasteiger partial charge on any atom is -0.378 e. The zero-order valence-corrected chi connectivity index (χ0v) is 10.8. The summed E-state index contributed by atoms with van der Waals surface area (Å²) in [7, 11) is 0. The lowest BCUT2D eigenvalue weighted by atomic mass is 10.1. The van der Waals surface area contributed by atoms with Crippen LogP contribution in [0.5, 0.6) is 0 Å². The molecule has 0 bridgehead atoms. The van der Waals surface area contributed by atoms with E-state index in [1.165, 1.54) is 11.3 Å². The van der Waals surface area contributed by atoms with Crippen LogP contribution in [0, 0.1) is 22.7 Å². The topological polar surface area (TPSA) is 72.9 Å². The Bertz CT molecular complexity index is 527. The molecule has 2 heterocycles. The van der Waals surface area contributed by atoms with Crippen LogP contribution in [0.1, 0.15) is 11.8 Å². The van der Waals surface area contributed by atoms with Gasteiger partial charge in [-0.1, -0.05) is 11.3 Å². The number of hydrogen-bond acceptors (Lipinski definition) is 6. The van der Waals surface area contributed by atoms with Gasteiger partial charge < -0.3 is 9.64 Å². The average molecular weight is 260 g/mol. The molecule has 1 aliphatic heterocycles. The van der Waals surface area contributed by atoms with E-state index in [0.29, 0.717) is 18.8 Å². The molecule has 0 amide bonds. The van der Waals surface area contributed by atoms with Crippen LogP contribution >= 0.6 is 11.3 Å². The van der Waals surface area contributed by atoms with Gasteiger partial charge in [0, 0.05) is 19.3 Å². The molecule has 1 fully saturated rings. The van der Waals surface area contributed by atoms with Gasteiger partial charge in [-0.15, -0.1) is 0 Å². The fraction of sp³-hybridized carbons (Fsp3) is 0.417. The van der Waals surface area contributed by atoms with E-state index in [1.54, 1.807) is 13.1 Å². The molecule has 0 radical (unpaired) electrons. The van der Waals surface area contributed by atoms with Gasteiger partial charge in [-0.2, -0.15) is 10.5 Å². The van der Waals surface area contributed by atoms with Gasteiger partial charge in [-0.3, -0.25) is 0 Å². The highest BCUT2D eigenvalue weighted by Crippen LogP contribution is 2.29. The SMILES string of the molecule is CC(=C(C#N)C#N)c1cnc(N2CCOCC2)s1. The first-order chi connectivity index (χ1) is 8.76. The molecule has 2 rings (SSSR count). The average Bonchev–Trinajstić information content (AvgIpc) is 2.90. The van der Waals surface area contributed by atoms with E-state index >= 15 is 0 Å². The molecule has 0 aromatic carbocycles. The summed E-state index contributed by atoms with van der Waals surface area (Å²) in [6.07, 6.45) is 1.72.